The van der Waals surface area contributed by atoms with Gasteiger partial charge in [0.25, 0.3) is 0 Å². The zero-order chi connectivity index (χ0) is 17.8. The molecule has 0 saturated carbocycles. The summed E-state index contributed by atoms with van der Waals surface area (Å²) in [6, 6.07) is 17.0. The average Bonchev–Trinajstić information content (AvgIpc) is 3.06. The fraction of sp³-hybridized carbons (Fsp3) is 0.381. The van der Waals surface area contributed by atoms with Crippen molar-refractivity contribution in [1.29, 1.82) is 0 Å². The predicted octanol–water partition coefficient (Wildman–Crippen LogP) is 3.62. The smallest absolute Gasteiger partial charge is 0.321 e. The van der Waals surface area contributed by atoms with Gasteiger partial charge in [-0.2, -0.15) is 0 Å². The number of anilines is 1. The van der Waals surface area contributed by atoms with Crippen LogP contribution in [0.25, 0.3) is 0 Å². The van der Waals surface area contributed by atoms with Gasteiger partial charge in [-0.15, -0.1) is 0 Å². The highest BCUT2D eigenvalue weighted by Crippen LogP contribution is 2.27. The summed E-state index contributed by atoms with van der Waals surface area (Å²) in [4.78, 5) is 16.7. The van der Waals surface area contributed by atoms with E-state index in [1.54, 1.807) is 0 Å². The molecule has 2 aromatic carbocycles. The standard InChI is InChI=1S/C21H27N3O/c1-4-16-9-11-18(12-10-16)20(23(2)3)15-22-21(25)24-14-13-17-7-5-6-8-19(17)24/h5-12,20H,4,13-15H2,1-3H3,(H,22,25). The predicted molar refractivity (Wildman–Crippen MR) is 103 cm³/mol. The Morgan fingerprint density at radius 3 is 2.56 bits per heavy atom. The summed E-state index contributed by atoms with van der Waals surface area (Å²) in [7, 11) is 4.10. The molecule has 2 amide bonds. The van der Waals surface area contributed by atoms with E-state index in [0.29, 0.717) is 6.54 Å². The van der Waals surface area contributed by atoms with Gasteiger partial charge in [-0.1, -0.05) is 49.4 Å². The van der Waals surface area contributed by atoms with Crippen molar-refractivity contribution >= 4 is 11.7 Å². The molecule has 0 aromatic heterocycles. The first-order chi connectivity index (χ1) is 12.1. The molecule has 0 radical (unpaired) electrons. The Kier molecular flexibility index (Phi) is 5.39. The molecule has 1 atom stereocenters. The Balaban J connectivity index is 1.66. The van der Waals surface area contributed by atoms with Gasteiger partial charge in [0.15, 0.2) is 0 Å². The molecule has 2 aromatic rings. The monoisotopic (exact) mass is 337 g/mol. The summed E-state index contributed by atoms with van der Waals surface area (Å²) in [5.41, 5.74) is 4.84. The first kappa shape index (κ1) is 17.5. The van der Waals surface area contributed by atoms with Gasteiger partial charge in [-0.25, -0.2) is 4.79 Å². The first-order valence-electron chi connectivity index (χ1n) is 8.98. The third-order valence-corrected chi connectivity index (χ3v) is 4.98. The van der Waals surface area contributed by atoms with E-state index in [4.69, 9.17) is 0 Å². The molecule has 0 saturated heterocycles. The number of urea groups is 1. The molecule has 132 valence electrons. The van der Waals surface area contributed by atoms with Crippen LogP contribution in [-0.4, -0.2) is 38.1 Å². The number of nitrogens with zero attached hydrogens (tertiary/aromatic N) is 2. The van der Waals surface area contributed by atoms with Crippen LogP contribution in [0, 0.1) is 0 Å². The fourth-order valence-corrected chi connectivity index (χ4v) is 3.40. The third-order valence-electron chi connectivity index (χ3n) is 4.98. The molecule has 1 N–H and O–H groups in total. The lowest BCUT2D eigenvalue weighted by molar-refractivity contribution is 0.238. The molecule has 1 unspecified atom stereocenters. The van der Waals surface area contributed by atoms with Gasteiger partial charge in [-0.3, -0.25) is 4.90 Å². The number of rotatable bonds is 5. The Bertz CT molecular complexity index is 724. The maximum Gasteiger partial charge on any atom is 0.321 e. The summed E-state index contributed by atoms with van der Waals surface area (Å²) in [6.07, 6.45) is 1.97. The number of para-hydroxylation sites is 1. The van der Waals surface area contributed by atoms with Crippen molar-refractivity contribution in [2.75, 3.05) is 32.1 Å². The molecule has 3 rings (SSSR count). The number of amides is 2. The lowest BCUT2D eigenvalue weighted by Crippen LogP contribution is -2.42. The topological polar surface area (TPSA) is 35.6 Å². The summed E-state index contributed by atoms with van der Waals surface area (Å²) < 4.78 is 0. The number of fused-ring (bicyclic) bond motifs is 1. The van der Waals surface area contributed by atoms with Crippen LogP contribution < -0.4 is 10.2 Å². The number of aryl methyl sites for hydroxylation is 1. The Hall–Kier alpha value is -2.33. The maximum atomic E-state index is 12.7. The minimum absolute atomic E-state index is 0.0121. The second kappa shape index (κ2) is 7.70. The van der Waals surface area contributed by atoms with E-state index in [1.165, 1.54) is 16.7 Å². The molecular weight excluding hydrogens is 310 g/mol. The van der Waals surface area contributed by atoms with Crippen molar-refractivity contribution in [2.24, 2.45) is 0 Å². The fourth-order valence-electron chi connectivity index (χ4n) is 3.40. The second-order valence-corrected chi connectivity index (χ2v) is 6.79. The van der Waals surface area contributed by atoms with E-state index >= 15 is 0 Å². The number of carbonyl (C=O) groups is 1. The normalized spacial score (nSPS) is 14.5. The van der Waals surface area contributed by atoms with E-state index in [0.717, 1.165) is 25.1 Å². The SMILES string of the molecule is CCc1ccc(C(CNC(=O)N2CCc3ccccc32)N(C)C)cc1. The largest absolute Gasteiger partial charge is 0.336 e. The lowest BCUT2D eigenvalue weighted by atomic mass is 10.0. The van der Waals surface area contributed by atoms with E-state index in [1.807, 2.05) is 23.1 Å². The number of hydrogen-bond acceptors (Lipinski definition) is 2. The van der Waals surface area contributed by atoms with Crippen LogP contribution in [0.1, 0.15) is 29.7 Å². The molecular formula is C21H27N3O. The molecule has 0 bridgehead atoms. The third kappa shape index (κ3) is 3.85. The average molecular weight is 337 g/mol. The minimum Gasteiger partial charge on any atom is -0.336 e. The molecule has 1 aliphatic heterocycles. The molecule has 1 heterocycles. The van der Waals surface area contributed by atoms with Crippen LogP contribution in [0.3, 0.4) is 0 Å². The quantitative estimate of drug-likeness (QED) is 0.904. The van der Waals surface area contributed by atoms with Crippen molar-refractivity contribution in [3.8, 4) is 0 Å². The van der Waals surface area contributed by atoms with Gasteiger partial charge in [-0.05, 0) is 49.7 Å². The van der Waals surface area contributed by atoms with Crippen molar-refractivity contribution < 1.29 is 4.79 Å². The second-order valence-electron chi connectivity index (χ2n) is 6.79. The summed E-state index contributed by atoms with van der Waals surface area (Å²) in [5, 5.41) is 3.12. The molecule has 0 fully saturated rings. The summed E-state index contributed by atoms with van der Waals surface area (Å²) in [6.45, 7) is 3.51. The molecule has 1 aliphatic rings. The number of likely N-dealkylation sites (N-methyl/N-ethyl adjacent to an activating group) is 1. The van der Waals surface area contributed by atoms with Gasteiger partial charge in [0, 0.05) is 18.8 Å². The maximum absolute atomic E-state index is 12.7. The highest BCUT2D eigenvalue weighted by Gasteiger charge is 2.25. The molecule has 4 heteroatoms. The van der Waals surface area contributed by atoms with Gasteiger partial charge in [0.1, 0.15) is 0 Å². The van der Waals surface area contributed by atoms with Crippen LogP contribution in [0.4, 0.5) is 10.5 Å². The van der Waals surface area contributed by atoms with E-state index < -0.39 is 0 Å². The highest BCUT2D eigenvalue weighted by atomic mass is 16.2. The highest BCUT2D eigenvalue weighted by molar-refractivity contribution is 5.94. The van der Waals surface area contributed by atoms with Crippen molar-refractivity contribution in [3.63, 3.8) is 0 Å². The van der Waals surface area contributed by atoms with Crippen molar-refractivity contribution in [3.05, 3.63) is 65.2 Å². The Morgan fingerprint density at radius 1 is 1.16 bits per heavy atom. The Labute approximate surface area is 150 Å². The number of benzene rings is 2. The molecule has 0 aliphatic carbocycles. The molecule has 0 spiro atoms. The van der Waals surface area contributed by atoms with Crippen LogP contribution in [0.15, 0.2) is 48.5 Å². The van der Waals surface area contributed by atoms with Crippen LogP contribution in [-0.2, 0) is 12.8 Å². The summed E-state index contributed by atoms with van der Waals surface area (Å²) >= 11 is 0. The van der Waals surface area contributed by atoms with Gasteiger partial charge in [0.2, 0.25) is 0 Å². The lowest BCUT2D eigenvalue weighted by Gasteiger charge is -2.27. The zero-order valence-corrected chi connectivity index (χ0v) is 15.3. The minimum atomic E-state index is -0.0121. The van der Waals surface area contributed by atoms with Crippen LogP contribution >= 0.6 is 0 Å². The summed E-state index contributed by atoms with van der Waals surface area (Å²) in [5.74, 6) is 0. The van der Waals surface area contributed by atoms with Gasteiger partial charge >= 0.3 is 6.03 Å². The van der Waals surface area contributed by atoms with Gasteiger partial charge < -0.3 is 10.2 Å². The van der Waals surface area contributed by atoms with E-state index in [2.05, 4.69) is 61.6 Å². The van der Waals surface area contributed by atoms with E-state index in [9.17, 15) is 4.79 Å². The number of nitrogens with one attached hydrogen (secondary N) is 1. The molecule has 4 nitrogen and oxygen atoms in total. The van der Waals surface area contributed by atoms with Crippen LogP contribution in [0.2, 0.25) is 0 Å². The van der Waals surface area contributed by atoms with Gasteiger partial charge in [0.05, 0.1) is 6.04 Å². The Morgan fingerprint density at radius 2 is 1.88 bits per heavy atom. The number of hydrogen-bond donors (Lipinski definition) is 1. The van der Waals surface area contributed by atoms with Crippen LogP contribution in [0.5, 0.6) is 0 Å². The van der Waals surface area contributed by atoms with Crippen molar-refractivity contribution in [2.45, 2.75) is 25.8 Å². The molecule has 25 heavy (non-hydrogen) atoms. The van der Waals surface area contributed by atoms with E-state index in [-0.39, 0.29) is 12.1 Å². The van der Waals surface area contributed by atoms with Crippen molar-refractivity contribution in [1.82, 2.24) is 10.2 Å². The first-order valence-corrected chi connectivity index (χ1v) is 8.98. The zero-order valence-electron chi connectivity index (χ0n) is 15.3. The number of carbonyl (C=O) groups excluding carboxylic acids is 1.